The second kappa shape index (κ2) is 6.99. The molecule has 2 aliphatic carbocycles. The molecule has 152 valence electrons. The Labute approximate surface area is 179 Å². The summed E-state index contributed by atoms with van der Waals surface area (Å²) in [4.78, 5) is 2.76. The summed E-state index contributed by atoms with van der Waals surface area (Å²) in [6, 6.07) is 25.4. The molecule has 0 radical (unpaired) electrons. The topological polar surface area (TPSA) is 29.3 Å². The van der Waals surface area contributed by atoms with Gasteiger partial charge in [0.05, 0.1) is 0 Å². The Morgan fingerprint density at radius 1 is 0.900 bits per heavy atom. The summed E-state index contributed by atoms with van der Waals surface area (Å²) < 4.78 is 0. The molecule has 0 aromatic heterocycles. The normalized spacial score (nSPS) is 25.0. The Kier molecular flexibility index (Phi) is 4.24. The van der Waals surface area contributed by atoms with E-state index in [2.05, 4.69) is 65.6 Å². The lowest BCUT2D eigenvalue weighted by molar-refractivity contribution is 0.0459. The third-order valence-corrected chi connectivity index (χ3v) is 7.96. The van der Waals surface area contributed by atoms with Crippen LogP contribution in [0.2, 0.25) is 0 Å². The van der Waals surface area contributed by atoms with Gasteiger partial charge in [-0.25, -0.2) is 0 Å². The molecule has 2 atom stereocenters. The van der Waals surface area contributed by atoms with E-state index >= 15 is 0 Å². The fraction of sp³-hybridized carbons (Fsp3) is 0.357. The number of fused-ring (bicyclic) bond motifs is 5. The van der Waals surface area contributed by atoms with Crippen LogP contribution < -0.4 is 5.73 Å². The van der Waals surface area contributed by atoms with Gasteiger partial charge < -0.3 is 5.73 Å². The summed E-state index contributed by atoms with van der Waals surface area (Å²) in [7, 11) is 0. The van der Waals surface area contributed by atoms with Gasteiger partial charge >= 0.3 is 0 Å². The van der Waals surface area contributed by atoms with Gasteiger partial charge in [0, 0.05) is 18.3 Å². The van der Waals surface area contributed by atoms with E-state index in [0.717, 1.165) is 18.7 Å². The number of hydrogen-bond donors (Lipinski definition) is 1. The average molecular weight is 395 g/mol. The highest BCUT2D eigenvalue weighted by Crippen LogP contribution is 2.47. The fourth-order valence-corrected chi connectivity index (χ4v) is 6.42. The third-order valence-electron chi connectivity index (χ3n) is 7.96. The molecule has 2 heteroatoms. The molecule has 1 saturated heterocycles. The minimum Gasteiger partial charge on any atom is -0.399 e. The first-order chi connectivity index (χ1) is 14.7. The molecule has 0 spiro atoms. The van der Waals surface area contributed by atoms with Crippen molar-refractivity contribution in [3.63, 3.8) is 0 Å². The van der Waals surface area contributed by atoms with Crippen LogP contribution in [-0.2, 0) is 18.4 Å². The Hall–Kier alpha value is -2.58. The van der Waals surface area contributed by atoms with Gasteiger partial charge in [0.25, 0.3) is 0 Å². The maximum absolute atomic E-state index is 6.13. The number of piperidine rings is 1. The molecule has 30 heavy (non-hydrogen) atoms. The molecule has 1 heterocycles. The predicted octanol–water partition coefficient (Wildman–Crippen LogP) is 5.93. The molecule has 1 aliphatic heterocycles. The smallest absolute Gasteiger partial charge is 0.0316 e. The Morgan fingerprint density at radius 3 is 2.73 bits per heavy atom. The van der Waals surface area contributed by atoms with E-state index in [0.29, 0.717) is 11.5 Å². The molecule has 2 N–H and O–H groups in total. The second-order valence-electron chi connectivity index (χ2n) is 9.70. The molecule has 3 aromatic carbocycles. The number of benzene rings is 3. The summed E-state index contributed by atoms with van der Waals surface area (Å²) in [5, 5.41) is 0. The summed E-state index contributed by atoms with van der Waals surface area (Å²) >= 11 is 0. The van der Waals surface area contributed by atoms with Crippen molar-refractivity contribution in [2.24, 2.45) is 0 Å². The van der Waals surface area contributed by atoms with E-state index in [1.807, 2.05) is 6.07 Å². The number of hydrogen-bond acceptors (Lipinski definition) is 2. The van der Waals surface area contributed by atoms with Crippen molar-refractivity contribution in [3.05, 3.63) is 89.0 Å². The highest BCUT2D eigenvalue weighted by molar-refractivity contribution is 5.76. The molecule has 2 unspecified atom stereocenters. The van der Waals surface area contributed by atoms with Gasteiger partial charge in [0.1, 0.15) is 0 Å². The lowest BCUT2D eigenvalue weighted by atomic mass is 9.63. The molecule has 2 nitrogen and oxygen atoms in total. The third kappa shape index (κ3) is 2.97. The number of rotatable bonds is 3. The number of nitrogens with two attached hydrogens (primary N) is 1. The van der Waals surface area contributed by atoms with Crippen molar-refractivity contribution in [1.29, 1.82) is 0 Å². The average Bonchev–Trinajstić information content (AvgIpc) is 3.14. The number of likely N-dealkylation sites (tertiary alicyclic amines) is 1. The molecule has 2 bridgehead atoms. The Bertz CT molecular complexity index is 1100. The zero-order chi connectivity index (χ0) is 20.1. The van der Waals surface area contributed by atoms with Crippen molar-refractivity contribution in [3.8, 4) is 11.1 Å². The summed E-state index contributed by atoms with van der Waals surface area (Å²) in [6.07, 6.45) is 7.60. The van der Waals surface area contributed by atoms with E-state index < -0.39 is 0 Å². The zero-order valence-corrected chi connectivity index (χ0v) is 17.6. The predicted molar refractivity (Wildman–Crippen MR) is 124 cm³/mol. The van der Waals surface area contributed by atoms with Gasteiger partial charge in [0.15, 0.2) is 0 Å². The molecule has 2 fully saturated rings. The molecule has 3 aromatic rings. The van der Waals surface area contributed by atoms with Crippen LogP contribution in [0, 0.1) is 0 Å². The van der Waals surface area contributed by atoms with Crippen LogP contribution in [0.3, 0.4) is 0 Å². The van der Waals surface area contributed by atoms with Gasteiger partial charge in [-0.2, -0.15) is 0 Å². The molecular formula is C28H30N2. The summed E-state index contributed by atoms with van der Waals surface area (Å²) in [5.74, 6) is 0. The highest BCUT2D eigenvalue weighted by Gasteiger charge is 2.43. The van der Waals surface area contributed by atoms with Crippen LogP contribution in [-0.4, -0.2) is 17.5 Å². The minimum atomic E-state index is 0.342. The monoisotopic (exact) mass is 394 g/mol. The van der Waals surface area contributed by atoms with Gasteiger partial charge in [-0.05, 0) is 89.6 Å². The van der Waals surface area contributed by atoms with Gasteiger partial charge in [-0.3, -0.25) is 4.90 Å². The summed E-state index contributed by atoms with van der Waals surface area (Å²) in [6.45, 7) is 2.28. The van der Waals surface area contributed by atoms with Crippen molar-refractivity contribution in [1.82, 2.24) is 4.90 Å². The van der Waals surface area contributed by atoms with Crippen LogP contribution in [0.25, 0.3) is 11.1 Å². The van der Waals surface area contributed by atoms with Crippen LogP contribution in [0.15, 0.2) is 66.7 Å². The Morgan fingerprint density at radius 2 is 1.80 bits per heavy atom. The first-order valence-corrected chi connectivity index (χ1v) is 11.5. The number of nitrogen functional groups attached to an aromatic ring is 1. The van der Waals surface area contributed by atoms with Crippen LogP contribution >= 0.6 is 0 Å². The first-order valence-electron chi connectivity index (χ1n) is 11.5. The SMILES string of the molecule is Nc1cccc(C23CCCC(C2)N(Cc2ccc4c(c2)Cc2ccccc2-4)CC3)c1. The standard InChI is InChI=1S/C28H30N2/c29-24-7-3-6-23(17-24)28-12-4-8-25(18-28)30(14-13-28)19-20-10-11-27-22(15-20)16-21-5-1-2-9-26(21)27/h1-3,5-7,9-11,15,17,25H,4,8,12-14,16,18-19,29H2. The van der Waals surface area contributed by atoms with E-state index in [9.17, 15) is 0 Å². The molecule has 0 amide bonds. The zero-order valence-electron chi connectivity index (χ0n) is 17.6. The first kappa shape index (κ1) is 18.2. The van der Waals surface area contributed by atoms with Crippen molar-refractivity contribution < 1.29 is 0 Å². The lowest BCUT2D eigenvalue weighted by Crippen LogP contribution is -2.51. The summed E-state index contributed by atoms with van der Waals surface area (Å²) in [5.41, 5.74) is 16.2. The lowest BCUT2D eigenvalue weighted by Gasteiger charge is -2.51. The number of anilines is 1. The van der Waals surface area contributed by atoms with E-state index in [1.54, 1.807) is 0 Å². The van der Waals surface area contributed by atoms with E-state index in [1.165, 1.54) is 72.0 Å². The van der Waals surface area contributed by atoms with E-state index in [-0.39, 0.29) is 0 Å². The van der Waals surface area contributed by atoms with Crippen molar-refractivity contribution in [2.75, 3.05) is 12.3 Å². The van der Waals surface area contributed by atoms with Crippen LogP contribution in [0.5, 0.6) is 0 Å². The second-order valence-corrected chi connectivity index (χ2v) is 9.70. The van der Waals surface area contributed by atoms with E-state index in [4.69, 9.17) is 5.73 Å². The fourth-order valence-electron chi connectivity index (χ4n) is 6.42. The van der Waals surface area contributed by atoms with Crippen molar-refractivity contribution in [2.45, 2.75) is 56.5 Å². The van der Waals surface area contributed by atoms with Gasteiger partial charge in [-0.15, -0.1) is 0 Å². The quantitative estimate of drug-likeness (QED) is 0.437. The molecule has 6 rings (SSSR count). The number of nitrogens with zero attached hydrogens (tertiary/aromatic N) is 1. The van der Waals surface area contributed by atoms with Crippen LogP contribution in [0.4, 0.5) is 5.69 Å². The molecular weight excluding hydrogens is 364 g/mol. The highest BCUT2D eigenvalue weighted by atomic mass is 15.2. The van der Waals surface area contributed by atoms with Gasteiger partial charge in [0.2, 0.25) is 0 Å². The largest absolute Gasteiger partial charge is 0.399 e. The van der Waals surface area contributed by atoms with Gasteiger partial charge in [-0.1, -0.05) is 61.0 Å². The molecule has 3 aliphatic rings. The molecule has 1 saturated carbocycles. The van der Waals surface area contributed by atoms with Crippen LogP contribution in [0.1, 0.15) is 54.4 Å². The van der Waals surface area contributed by atoms with Crippen molar-refractivity contribution >= 4 is 5.69 Å². The Balaban J connectivity index is 1.22. The maximum Gasteiger partial charge on any atom is 0.0316 e. The maximum atomic E-state index is 6.13. The minimum absolute atomic E-state index is 0.342.